The molecule has 0 spiro atoms. The summed E-state index contributed by atoms with van der Waals surface area (Å²) in [6.07, 6.45) is 7.43. The summed E-state index contributed by atoms with van der Waals surface area (Å²) < 4.78 is 4.85. The summed E-state index contributed by atoms with van der Waals surface area (Å²) >= 11 is 0. The molecule has 0 amide bonds. The second-order valence-electron chi connectivity index (χ2n) is 2.11. The van der Waals surface area contributed by atoms with E-state index in [1.54, 1.807) is 6.20 Å². The normalized spacial score (nSPS) is 9.36. The molecule has 0 radical (unpaired) electrons. The summed E-state index contributed by atoms with van der Waals surface area (Å²) in [5, 5.41) is 6.68. The van der Waals surface area contributed by atoms with Crippen LogP contribution >= 0.6 is 0 Å². The van der Waals surface area contributed by atoms with E-state index in [0.717, 1.165) is 18.7 Å². The Labute approximate surface area is 65.8 Å². The van der Waals surface area contributed by atoms with Crippen molar-refractivity contribution >= 4 is 0 Å². The zero-order valence-corrected chi connectivity index (χ0v) is 6.21. The van der Waals surface area contributed by atoms with Crippen molar-refractivity contribution in [2.75, 3.05) is 6.54 Å². The van der Waals surface area contributed by atoms with Crippen LogP contribution in [-0.2, 0) is 6.54 Å². The molecule has 1 rings (SSSR count). The minimum absolute atomic E-state index is 0.696. The molecular formula is C8H10N2O. The molecule has 3 heteroatoms. The van der Waals surface area contributed by atoms with Gasteiger partial charge in [-0.1, -0.05) is 5.16 Å². The van der Waals surface area contributed by atoms with Crippen LogP contribution in [0.25, 0.3) is 0 Å². The van der Waals surface area contributed by atoms with Crippen LogP contribution in [0.5, 0.6) is 0 Å². The van der Waals surface area contributed by atoms with E-state index in [4.69, 9.17) is 10.9 Å². The number of rotatable bonds is 4. The number of terminal acetylenes is 1. The van der Waals surface area contributed by atoms with Gasteiger partial charge in [-0.2, -0.15) is 0 Å². The van der Waals surface area contributed by atoms with Crippen molar-refractivity contribution in [3.8, 4) is 12.3 Å². The van der Waals surface area contributed by atoms with Crippen molar-refractivity contribution in [3.05, 3.63) is 18.0 Å². The molecule has 58 valence electrons. The van der Waals surface area contributed by atoms with Gasteiger partial charge in [0, 0.05) is 19.0 Å². The standard InChI is InChI=1S/C8H10N2O/c1-2-3-5-9-7-8-4-6-10-11-8/h1,4,6,9H,3,5,7H2. The van der Waals surface area contributed by atoms with Crippen LogP contribution in [0.15, 0.2) is 16.8 Å². The smallest absolute Gasteiger partial charge is 0.150 e. The summed E-state index contributed by atoms with van der Waals surface area (Å²) in [5.74, 6) is 3.37. The van der Waals surface area contributed by atoms with Crippen LogP contribution in [0.2, 0.25) is 0 Å². The van der Waals surface area contributed by atoms with Gasteiger partial charge >= 0.3 is 0 Å². The molecule has 3 nitrogen and oxygen atoms in total. The maximum Gasteiger partial charge on any atom is 0.150 e. The van der Waals surface area contributed by atoms with E-state index < -0.39 is 0 Å². The van der Waals surface area contributed by atoms with E-state index in [0.29, 0.717) is 6.54 Å². The Morgan fingerprint density at radius 3 is 3.27 bits per heavy atom. The van der Waals surface area contributed by atoms with Crippen LogP contribution < -0.4 is 5.32 Å². The predicted molar refractivity (Wildman–Crippen MR) is 41.7 cm³/mol. The molecule has 0 aliphatic carbocycles. The number of nitrogens with zero attached hydrogens (tertiary/aromatic N) is 1. The first-order chi connectivity index (χ1) is 5.43. The number of aromatic nitrogens is 1. The molecule has 0 unspecified atom stereocenters. The Morgan fingerprint density at radius 2 is 2.64 bits per heavy atom. The molecule has 0 aliphatic rings. The summed E-state index contributed by atoms with van der Waals surface area (Å²) in [6.45, 7) is 1.51. The Balaban J connectivity index is 2.10. The zero-order valence-electron chi connectivity index (χ0n) is 6.21. The van der Waals surface area contributed by atoms with Crippen LogP contribution in [-0.4, -0.2) is 11.7 Å². The lowest BCUT2D eigenvalue weighted by atomic mass is 10.4. The van der Waals surface area contributed by atoms with E-state index in [1.807, 2.05) is 6.07 Å². The highest BCUT2D eigenvalue weighted by atomic mass is 16.5. The average molecular weight is 150 g/mol. The van der Waals surface area contributed by atoms with Gasteiger partial charge in [-0.3, -0.25) is 0 Å². The largest absolute Gasteiger partial charge is 0.360 e. The molecule has 1 heterocycles. The van der Waals surface area contributed by atoms with Gasteiger partial charge in [0.25, 0.3) is 0 Å². The van der Waals surface area contributed by atoms with E-state index in [1.165, 1.54) is 0 Å². The Bertz CT molecular complexity index is 223. The second kappa shape index (κ2) is 4.53. The Hall–Kier alpha value is -1.27. The first-order valence-electron chi connectivity index (χ1n) is 3.47. The lowest BCUT2D eigenvalue weighted by Crippen LogP contribution is -2.13. The first kappa shape index (κ1) is 7.83. The third-order valence-corrected chi connectivity index (χ3v) is 1.24. The van der Waals surface area contributed by atoms with Gasteiger partial charge in [-0.15, -0.1) is 12.3 Å². The van der Waals surface area contributed by atoms with Gasteiger partial charge in [0.15, 0.2) is 0 Å². The van der Waals surface area contributed by atoms with Crippen LogP contribution in [0.1, 0.15) is 12.2 Å². The molecule has 1 N–H and O–H groups in total. The first-order valence-corrected chi connectivity index (χ1v) is 3.47. The van der Waals surface area contributed by atoms with Crippen molar-refractivity contribution < 1.29 is 4.52 Å². The minimum atomic E-state index is 0.696. The fourth-order valence-electron chi connectivity index (χ4n) is 0.705. The van der Waals surface area contributed by atoms with Crippen LogP contribution in [0.3, 0.4) is 0 Å². The highest BCUT2D eigenvalue weighted by Crippen LogP contribution is 1.94. The molecule has 0 fully saturated rings. The van der Waals surface area contributed by atoms with E-state index in [-0.39, 0.29) is 0 Å². The topological polar surface area (TPSA) is 38.1 Å². The second-order valence-corrected chi connectivity index (χ2v) is 2.11. The van der Waals surface area contributed by atoms with Crippen molar-refractivity contribution in [1.82, 2.24) is 10.5 Å². The summed E-state index contributed by atoms with van der Waals surface area (Å²) in [6, 6.07) is 1.82. The Morgan fingerprint density at radius 1 is 1.73 bits per heavy atom. The minimum Gasteiger partial charge on any atom is -0.360 e. The van der Waals surface area contributed by atoms with E-state index >= 15 is 0 Å². The monoisotopic (exact) mass is 150 g/mol. The number of nitrogens with one attached hydrogen (secondary N) is 1. The van der Waals surface area contributed by atoms with Crippen molar-refractivity contribution in [2.24, 2.45) is 0 Å². The van der Waals surface area contributed by atoms with Crippen molar-refractivity contribution in [3.63, 3.8) is 0 Å². The zero-order chi connectivity index (χ0) is 7.94. The summed E-state index contributed by atoms with van der Waals surface area (Å²) in [4.78, 5) is 0. The van der Waals surface area contributed by atoms with Gasteiger partial charge in [0.05, 0.1) is 12.7 Å². The third-order valence-electron chi connectivity index (χ3n) is 1.24. The molecular weight excluding hydrogens is 140 g/mol. The van der Waals surface area contributed by atoms with Gasteiger partial charge < -0.3 is 9.84 Å². The van der Waals surface area contributed by atoms with E-state index in [9.17, 15) is 0 Å². The van der Waals surface area contributed by atoms with Crippen molar-refractivity contribution in [1.29, 1.82) is 0 Å². The van der Waals surface area contributed by atoms with Gasteiger partial charge in [0.1, 0.15) is 5.76 Å². The van der Waals surface area contributed by atoms with Gasteiger partial charge in [0.2, 0.25) is 0 Å². The average Bonchev–Trinajstić information content (AvgIpc) is 2.50. The predicted octanol–water partition coefficient (Wildman–Crippen LogP) is 0.787. The van der Waals surface area contributed by atoms with Crippen LogP contribution in [0.4, 0.5) is 0 Å². The summed E-state index contributed by atoms with van der Waals surface area (Å²) in [5.41, 5.74) is 0. The fourth-order valence-corrected chi connectivity index (χ4v) is 0.705. The van der Waals surface area contributed by atoms with Gasteiger partial charge in [-0.25, -0.2) is 0 Å². The fraction of sp³-hybridized carbons (Fsp3) is 0.375. The van der Waals surface area contributed by atoms with E-state index in [2.05, 4.69) is 16.4 Å². The Kier molecular flexibility index (Phi) is 3.23. The highest BCUT2D eigenvalue weighted by Gasteiger charge is 1.93. The maximum absolute atomic E-state index is 5.06. The molecule has 0 bridgehead atoms. The molecule has 1 aromatic heterocycles. The SMILES string of the molecule is C#CCCNCc1ccno1. The van der Waals surface area contributed by atoms with Gasteiger partial charge in [-0.05, 0) is 0 Å². The maximum atomic E-state index is 5.06. The van der Waals surface area contributed by atoms with Crippen LogP contribution in [0, 0.1) is 12.3 Å². The molecule has 0 saturated heterocycles. The number of hydrogen-bond acceptors (Lipinski definition) is 3. The number of hydrogen-bond donors (Lipinski definition) is 1. The quantitative estimate of drug-likeness (QED) is 0.509. The highest BCUT2D eigenvalue weighted by molar-refractivity contribution is 4.92. The van der Waals surface area contributed by atoms with Crippen molar-refractivity contribution in [2.45, 2.75) is 13.0 Å². The molecule has 0 aromatic carbocycles. The lowest BCUT2D eigenvalue weighted by molar-refractivity contribution is 0.374. The lowest BCUT2D eigenvalue weighted by Gasteiger charge is -1.96. The molecule has 0 atom stereocenters. The third kappa shape index (κ3) is 2.87. The molecule has 1 aromatic rings. The molecule has 0 saturated carbocycles. The molecule has 11 heavy (non-hydrogen) atoms. The summed E-state index contributed by atoms with van der Waals surface area (Å²) in [7, 11) is 0. The molecule has 0 aliphatic heterocycles.